The van der Waals surface area contributed by atoms with Gasteiger partial charge in [-0.1, -0.05) is 38.1 Å². The molecule has 0 fully saturated rings. The van der Waals surface area contributed by atoms with E-state index in [-0.39, 0.29) is 5.41 Å². The van der Waals surface area contributed by atoms with Gasteiger partial charge in [0.05, 0.1) is 17.5 Å². The van der Waals surface area contributed by atoms with Crippen LogP contribution in [0.15, 0.2) is 53.5 Å². The standard InChI is InChI=1S/C17H14N2O/c1-17(2)14-6-4-3-5-12(14)13-9-18-16(19-15(13)17)11-7-8-20-10-11/h3-10H,1-2H3. The van der Waals surface area contributed by atoms with Gasteiger partial charge in [0.15, 0.2) is 5.82 Å². The summed E-state index contributed by atoms with van der Waals surface area (Å²) in [6, 6.07) is 10.3. The molecule has 1 aliphatic rings. The van der Waals surface area contributed by atoms with E-state index in [4.69, 9.17) is 9.40 Å². The molecule has 98 valence electrons. The smallest absolute Gasteiger partial charge is 0.162 e. The predicted octanol–water partition coefficient (Wildman–Crippen LogP) is 4.04. The van der Waals surface area contributed by atoms with Crippen LogP contribution in [-0.4, -0.2) is 9.97 Å². The van der Waals surface area contributed by atoms with E-state index in [2.05, 4.69) is 43.1 Å². The van der Waals surface area contributed by atoms with Crippen LogP contribution in [0.25, 0.3) is 22.5 Å². The minimum atomic E-state index is -0.0899. The molecule has 0 atom stereocenters. The molecular weight excluding hydrogens is 248 g/mol. The van der Waals surface area contributed by atoms with Gasteiger partial charge in [0.2, 0.25) is 0 Å². The summed E-state index contributed by atoms with van der Waals surface area (Å²) in [6.07, 6.45) is 5.25. The summed E-state index contributed by atoms with van der Waals surface area (Å²) in [6.45, 7) is 4.42. The summed E-state index contributed by atoms with van der Waals surface area (Å²) < 4.78 is 5.12. The van der Waals surface area contributed by atoms with E-state index < -0.39 is 0 Å². The number of benzene rings is 1. The maximum Gasteiger partial charge on any atom is 0.162 e. The van der Waals surface area contributed by atoms with Crippen LogP contribution in [0, 0.1) is 0 Å². The molecule has 0 spiro atoms. The molecule has 3 heteroatoms. The monoisotopic (exact) mass is 262 g/mol. The lowest BCUT2D eigenvalue weighted by Crippen LogP contribution is -2.17. The van der Waals surface area contributed by atoms with Crippen molar-refractivity contribution < 1.29 is 4.42 Å². The summed E-state index contributed by atoms with van der Waals surface area (Å²) in [4.78, 5) is 9.28. The predicted molar refractivity (Wildman–Crippen MR) is 77.3 cm³/mol. The third kappa shape index (κ3) is 1.40. The van der Waals surface area contributed by atoms with E-state index in [9.17, 15) is 0 Å². The average Bonchev–Trinajstić information content (AvgIpc) is 3.07. The van der Waals surface area contributed by atoms with Gasteiger partial charge in [-0.25, -0.2) is 9.97 Å². The van der Waals surface area contributed by atoms with Crippen LogP contribution in [0.1, 0.15) is 25.1 Å². The fraction of sp³-hybridized carbons (Fsp3) is 0.176. The summed E-state index contributed by atoms with van der Waals surface area (Å²) in [5.41, 5.74) is 5.61. The molecule has 0 unspecified atom stereocenters. The van der Waals surface area contributed by atoms with Crippen molar-refractivity contribution in [2.24, 2.45) is 0 Å². The zero-order chi connectivity index (χ0) is 13.7. The van der Waals surface area contributed by atoms with Crippen molar-refractivity contribution in [2.75, 3.05) is 0 Å². The van der Waals surface area contributed by atoms with E-state index in [1.807, 2.05) is 12.3 Å². The highest BCUT2D eigenvalue weighted by Crippen LogP contribution is 2.47. The molecule has 0 amide bonds. The summed E-state index contributed by atoms with van der Waals surface area (Å²) >= 11 is 0. The normalized spacial score (nSPS) is 14.9. The molecule has 4 rings (SSSR count). The lowest BCUT2D eigenvalue weighted by molar-refractivity contribution is 0.567. The molecule has 1 aliphatic carbocycles. The third-order valence-corrected chi connectivity index (χ3v) is 4.05. The van der Waals surface area contributed by atoms with Crippen LogP contribution in [-0.2, 0) is 5.41 Å². The number of furan rings is 1. The number of rotatable bonds is 1. The second-order valence-electron chi connectivity index (χ2n) is 5.64. The Bertz CT molecular complexity index is 789. The van der Waals surface area contributed by atoms with Gasteiger partial charge in [-0.05, 0) is 17.2 Å². The summed E-state index contributed by atoms with van der Waals surface area (Å²) in [5.74, 6) is 0.721. The average molecular weight is 262 g/mol. The highest BCUT2D eigenvalue weighted by atomic mass is 16.3. The van der Waals surface area contributed by atoms with Gasteiger partial charge in [0.25, 0.3) is 0 Å². The van der Waals surface area contributed by atoms with Gasteiger partial charge < -0.3 is 4.42 Å². The molecule has 0 aliphatic heterocycles. The highest BCUT2D eigenvalue weighted by molar-refractivity contribution is 5.79. The number of nitrogens with zero attached hydrogens (tertiary/aromatic N) is 2. The molecule has 0 radical (unpaired) electrons. The molecule has 1 aromatic carbocycles. The van der Waals surface area contributed by atoms with E-state index in [1.54, 1.807) is 12.5 Å². The van der Waals surface area contributed by atoms with Crippen LogP contribution in [0.2, 0.25) is 0 Å². The number of aromatic nitrogens is 2. The lowest BCUT2D eigenvalue weighted by Gasteiger charge is -2.20. The second-order valence-corrected chi connectivity index (χ2v) is 5.64. The molecule has 0 N–H and O–H groups in total. The SMILES string of the molecule is CC1(C)c2ccccc2-c2cnc(-c3ccoc3)nc21. The highest BCUT2D eigenvalue weighted by Gasteiger charge is 2.37. The third-order valence-electron chi connectivity index (χ3n) is 4.05. The molecule has 2 aromatic heterocycles. The zero-order valence-corrected chi connectivity index (χ0v) is 11.4. The van der Waals surface area contributed by atoms with Gasteiger partial charge >= 0.3 is 0 Å². The number of hydrogen-bond donors (Lipinski definition) is 0. The van der Waals surface area contributed by atoms with E-state index >= 15 is 0 Å². The Balaban J connectivity index is 1.97. The summed E-state index contributed by atoms with van der Waals surface area (Å²) in [7, 11) is 0. The molecule has 0 bridgehead atoms. The topological polar surface area (TPSA) is 38.9 Å². The van der Waals surface area contributed by atoms with Crippen molar-refractivity contribution in [1.29, 1.82) is 0 Å². The first-order chi connectivity index (χ1) is 9.68. The van der Waals surface area contributed by atoms with Crippen LogP contribution in [0.3, 0.4) is 0 Å². The van der Waals surface area contributed by atoms with Crippen molar-refractivity contribution in [1.82, 2.24) is 9.97 Å². The zero-order valence-electron chi connectivity index (χ0n) is 11.4. The van der Waals surface area contributed by atoms with E-state index in [0.717, 1.165) is 22.6 Å². The fourth-order valence-corrected chi connectivity index (χ4v) is 2.98. The molecule has 20 heavy (non-hydrogen) atoms. The van der Waals surface area contributed by atoms with E-state index in [0.29, 0.717) is 0 Å². The van der Waals surface area contributed by atoms with Crippen LogP contribution < -0.4 is 0 Å². The lowest BCUT2D eigenvalue weighted by atomic mass is 9.85. The minimum Gasteiger partial charge on any atom is -0.472 e. The van der Waals surface area contributed by atoms with Gasteiger partial charge in [0.1, 0.15) is 6.26 Å². The molecule has 0 saturated heterocycles. The van der Waals surface area contributed by atoms with Crippen molar-refractivity contribution in [3.63, 3.8) is 0 Å². The molecule has 0 saturated carbocycles. The van der Waals surface area contributed by atoms with Gasteiger partial charge in [-0.15, -0.1) is 0 Å². The maximum absolute atomic E-state index is 5.12. The van der Waals surface area contributed by atoms with Crippen molar-refractivity contribution in [2.45, 2.75) is 19.3 Å². The van der Waals surface area contributed by atoms with E-state index in [1.165, 1.54) is 11.1 Å². The Labute approximate surface area is 117 Å². The Morgan fingerprint density at radius 1 is 1.05 bits per heavy atom. The first-order valence-electron chi connectivity index (χ1n) is 6.68. The minimum absolute atomic E-state index is 0.0899. The van der Waals surface area contributed by atoms with Gasteiger partial charge in [-0.2, -0.15) is 0 Å². The molecule has 3 nitrogen and oxygen atoms in total. The second kappa shape index (κ2) is 3.79. The number of hydrogen-bond acceptors (Lipinski definition) is 3. The van der Waals surface area contributed by atoms with Gasteiger partial charge in [0, 0.05) is 17.2 Å². The quantitative estimate of drug-likeness (QED) is 0.664. The maximum atomic E-state index is 5.12. The number of fused-ring (bicyclic) bond motifs is 3. The van der Waals surface area contributed by atoms with Crippen LogP contribution >= 0.6 is 0 Å². The van der Waals surface area contributed by atoms with Crippen molar-refractivity contribution in [3.8, 4) is 22.5 Å². The Morgan fingerprint density at radius 2 is 1.90 bits per heavy atom. The Morgan fingerprint density at radius 3 is 2.70 bits per heavy atom. The largest absolute Gasteiger partial charge is 0.472 e. The molecule has 2 heterocycles. The Hall–Kier alpha value is -2.42. The first kappa shape index (κ1) is 11.4. The fourth-order valence-electron chi connectivity index (χ4n) is 2.98. The summed E-state index contributed by atoms with van der Waals surface area (Å²) in [5, 5.41) is 0. The van der Waals surface area contributed by atoms with Crippen molar-refractivity contribution >= 4 is 0 Å². The molecule has 3 aromatic rings. The molecular formula is C17H14N2O. The first-order valence-corrected chi connectivity index (χ1v) is 6.68. The van der Waals surface area contributed by atoms with Crippen LogP contribution in [0.5, 0.6) is 0 Å². The van der Waals surface area contributed by atoms with Crippen molar-refractivity contribution in [3.05, 3.63) is 60.3 Å². The Kier molecular flexibility index (Phi) is 2.16. The van der Waals surface area contributed by atoms with Crippen LogP contribution in [0.4, 0.5) is 0 Å². The van der Waals surface area contributed by atoms with Gasteiger partial charge in [-0.3, -0.25) is 0 Å².